The monoisotopic (exact) mass is 261 g/mol. The van der Waals surface area contributed by atoms with Crippen molar-refractivity contribution in [3.05, 3.63) is 22.8 Å². The molecule has 1 fully saturated rings. The van der Waals surface area contributed by atoms with Crippen molar-refractivity contribution in [1.82, 2.24) is 15.3 Å². The van der Waals surface area contributed by atoms with Crippen LogP contribution >= 0.6 is 0 Å². The number of esters is 1. The maximum Gasteiger partial charge on any atom is 0.357 e. The Bertz CT molecular complexity index is 540. The molecule has 0 spiro atoms. The molecule has 0 radical (unpaired) electrons. The van der Waals surface area contributed by atoms with Crippen molar-refractivity contribution in [1.29, 1.82) is 0 Å². The first-order valence-electron chi connectivity index (χ1n) is 6.71. The van der Waals surface area contributed by atoms with Gasteiger partial charge in [0.2, 0.25) is 0 Å². The van der Waals surface area contributed by atoms with E-state index >= 15 is 0 Å². The van der Waals surface area contributed by atoms with E-state index in [-0.39, 0.29) is 11.4 Å². The van der Waals surface area contributed by atoms with Gasteiger partial charge in [-0.05, 0) is 11.8 Å². The van der Waals surface area contributed by atoms with Gasteiger partial charge in [-0.3, -0.25) is 0 Å². The molecule has 0 bridgehead atoms. The minimum absolute atomic E-state index is 0.258. The van der Waals surface area contributed by atoms with Crippen LogP contribution in [-0.2, 0) is 17.7 Å². The van der Waals surface area contributed by atoms with E-state index in [9.17, 15) is 4.79 Å². The number of methoxy groups -OCH3 is 1. The van der Waals surface area contributed by atoms with E-state index in [1.165, 1.54) is 7.11 Å². The highest BCUT2D eigenvalue weighted by Gasteiger charge is 2.49. The largest absolute Gasteiger partial charge is 0.464 e. The number of aromatic nitrogens is 2. The SMILES string of the molecule is COC(=O)c1nc(C2CC2(C)C)nc2c1CNCC2. The number of ether oxygens (including phenoxy) is 1. The Morgan fingerprint density at radius 1 is 1.42 bits per heavy atom. The van der Waals surface area contributed by atoms with Crippen LogP contribution in [0.25, 0.3) is 0 Å². The Morgan fingerprint density at radius 2 is 2.16 bits per heavy atom. The average Bonchev–Trinajstić information content (AvgIpc) is 3.05. The molecule has 102 valence electrons. The lowest BCUT2D eigenvalue weighted by Crippen LogP contribution is -2.28. The van der Waals surface area contributed by atoms with Gasteiger partial charge in [0.1, 0.15) is 5.82 Å². The van der Waals surface area contributed by atoms with Crippen molar-refractivity contribution in [2.75, 3.05) is 13.7 Å². The summed E-state index contributed by atoms with van der Waals surface area (Å²) in [6, 6.07) is 0. The van der Waals surface area contributed by atoms with E-state index in [2.05, 4.69) is 29.1 Å². The summed E-state index contributed by atoms with van der Waals surface area (Å²) < 4.78 is 4.85. The molecule has 5 heteroatoms. The Balaban J connectivity index is 2.06. The zero-order chi connectivity index (χ0) is 13.6. The lowest BCUT2D eigenvalue weighted by molar-refractivity contribution is 0.0591. The summed E-state index contributed by atoms with van der Waals surface area (Å²) in [5, 5.41) is 3.25. The Labute approximate surface area is 112 Å². The van der Waals surface area contributed by atoms with Gasteiger partial charge >= 0.3 is 5.97 Å². The molecule has 1 atom stereocenters. The highest BCUT2D eigenvalue weighted by atomic mass is 16.5. The van der Waals surface area contributed by atoms with Crippen LogP contribution in [0, 0.1) is 5.41 Å². The van der Waals surface area contributed by atoms with Gasteiger partial charge < -0.3 is 10.1 Å². The van der Waals surface area contributed by atoms with E-state index in [1.54, 1.807) is 0 Å². The highest BCUT2D eigenvalue weighted by Crippen LogP contribution is 2.57. The molecule has 1 aliphatic heterocycles. The fourth-order valence-corrected chi connectivity index (χ4v) is 2.69. The average molecular weight is 261 g/mol. The maximum absolute atomic E-state index is 11.9. The van der Waals surface area contributed by atoms with Gasteiger partial charge in [-0.2, -0.15) is 0 Å². The Morgan fingerprint density at radius 3 is 2.79 bits per heavy atom. The van der Waals surface area contributed by atoms with Crippen molar-refractivity contribution in [2.45, 2.75) is 39.2 Å². The van der Waals surface area contributed by atoms with Crippen molar-refractivity contribution >= 4 is 5.97 Å². The first-order chi connectivity index (χ1) is 9.03. The summed E-state index contributed by atoms with van der Waals surface area (Å²) in [5.41, 5.74) is 2.61. The van der Waals surface area contributed by atoms with Gasteiger partial charge in [-0.15, -0.1) is 0 Å². The number of hydrogen-bond donors (Lipinski definition) is 1. The number of carbonyl (C=O) groups excluding carboxylic acids is 1. The molecule has 3 rings (SSSR count). The van der Waals surface area contributed by atoms with E-state index in [4.69, 9.17) is 4.74 Å². The quantitative estimate of drug-likeness (QED) is 0.816. The lowest BCUT2D eigenvalue weighted by atomic mass is 10.0. The Hall–Kier alpha value is -1.49. The van der Waals surface area contributed by atoms with Crippen LogP contribution in [0.1, 0.15) is 53.8 Å². The third-order valence-corrected chi connectivity index (χ3v) is 4.15. The fraction of sp³-hybridized carbons (Fsp3) is 0.643. The van der Waals surface area contributed by atoms with Crippen LogP contribution in [0.2, 0.25) is 0 Å². The molecule has 1 N–H and O–H groups in total. The lowest BCUT2D eigenvalue weighted by Gasteiger charge is -2.19. The third-order valence-electron chi connectivity index (χ3n) is 4.15. The summed E-state index contributed by atoms with van der Waals surface area (Å²) in [6.45, 7) is 5.96. The molecule has 19 heavy (non-hydrogen) atoms. The molecule has 1 aromatic rings. The number of nitrogens with zero attached hydrogens (tertiary/aromatic N) is 2. The van der Waals surface area contributed by atoms with Gasteiger partial charge in [0.15, 0.2) is 5.69 Å². The third kappa shape index (κ3) is 2.12. The van der Waals surface area contributed by atoms with Gasteiger partial charge in [0, 0.05) is 31.0 Å². The molecule has 5 nitrogen and oxygen atoms in total. The van der Waals surface area contributed by atoms with Crippen molar-refractivity contribution < 1.29 is 9.53 Å². The van der Waals surface area contributed by atoms with Gasteiger partial charge in [-0.1, -0.05) is 13.8 Å². The van der Waals surface area contributed by atoms with Crippen LogP contribution in [0.5, 0.6) is 0 Å². The second kappa shape index (κ2) is 4.27. The number of nitrogens with one attached hydrogen (secondary N) is 1. The summed E-state index contributed by atoms with van der Waals surface area (Å²) in [6.07, 6.45) is 1.94. The molecule has 2 aliphatic rings. The molecular weight excluding hydrogens is 242 g/mol. The standard InChI is InChI=1S/C14H19N3O2/c1-14(2)6-9(14)12-16-10-4-5-15-7-8(10)11(17-12)13(18)19-3/h9,15H,4-7H2,1-3H3. The summed E-state index contributed by atoms with van der Waals surface area (Å²) in [4.78, 5) is 21.1. The summed E-state index contributed by atoms with van der Waals surface area (Å²) in [7, 11) is 1.40. The first-order valence-corrected chi connectivity index (χ1v) is 6.71. The molecule has 0 saturated heterocycles. The molecule has 1 aromatic heterocycles. The molecule has 1 saturated carbocycles. The van der Waals surface area contributed by atoms with Crippen LogP contribution < -0.4 is 5.32 Å². The van der Waals surface area contributed by atoms with E-state index in [0.717, 1.165) is 36.5 Å². The highest BCUT2D eigenvalue weighted by molar-refractivity contribution is 5.89. The van der Waals surface area contributed by atoms with E-state index in [1.807, 2.05) is 0 Å². The smallest absolute Gasteiger partial charge is 0.357 e. The topological polar surface area (TPSA) is 64.1 Å². The first kappa shape index (κ1) is 12.5. The van der Waals surface area contributed by atoms with Gasteiger partial charge in [-0.25, -0.2) is 14.8 Å². The zero-order valence-electron chi connectivity index (χ0n) is 11.6. The summed E-state index contributed by atoms with van der Waals surface area (Å²) >= 11 is 0. The number of rotatable bonds is 2. The minimum atomic E-state index is -0.359. The van der Waals surface area contributed by atoms with E-state index < -0.39 is 0 Å². The predicted molar refractivity (Wildman–Crippen MR) is 69.9 cm³/mol. The normalized spacial score (nSPS) is 23.6. The predicted octanol–water partition coefficient (Wildman–Crippen LogP) is 1.42. The second-order valence-electron chi connectivity index (χ2n) is 6.02. The summed E-state index contributed by atoms with van der Waals surface area (Å²) in [5.74, 6) is 0.823. The number of fused-ring (bicyclic) bond motifs is 1. The van der Waals surface area contributed by atoms with Crippen molar-refractivity contribution in [3.8, 4) is 0 Å². The zero-order valence-corrected chi connectivity index (χ0v) is 11.6. The van der Waals surface area contributed by atoms with E-state index in [0.29, 0.717) is 18.2 Å². The van der Waals surface area contributed by atoms with Crippen molar-refractivity contribution in [3.63, 3.8) is 0 Å². The van der Waals surface area contributed by atoms with Crippen molar-refractivity contribution in [2.24, 2.45) is 5.41 Å². The molecule has 1 unspecified atom stereocenters. The van der Waals surface area contributed by atoms with Crippen LogP contribution in [0.4, 0.5) is 0 Å². The van der Waals surface area contributed by atoms with Crippen LogP contribution in [0.3, 0.4) is 0 Å². The van der Waals surface area contributed by atoms with Gasteiger partial charge in [0.25, 0.3) is 0 Å². The molecule has 0 amide bonds. The second-order valence-corrected chi connectivity index (χ2v) is 6.02. The molecule has 1 aliphatic carbocycles. The van der Waals surface area contributed by atoms with Crippen LogP contribution in [0.15, 0.2) is 0 Å². The molecule has 2 heterocycles. The van der Waals surface area contributed by atoms with Gasteiger partial charge in [0.05, 0.1) is 12.8 Å². The maximum atomic E-state index is 11.9. The fourth-order valence-electron chi connectivity index (χ4n) is 2.69. The van der Waals surface area contributed by atoms with Crippen LogP contribution in [-0.4, -0.2) is 29.6 Å². The number of hydrogen-bond acceptors (Lipinski definition) is 5. The minimum Gasteiger partial charge on any atom is -0.464 e. The molecule has 0 aromatic carbocycles. The molecular formula is C14H19N3O2. The number of carbonyl (C=O) groups is 1. The Kier molecular flexibility index (Phi) is 2.82.